The van der Waals surface area contributed by atoms with Crippen LogP contribution in [0.3, 0.4) is 0 Å². The summed E-state index contributed by atoms with van der Waals surface area (Å²) in [5.41, 5.74) is 0.935. The van der Waals surface area contributed by atoms with Crippen LogP contribution < -0.4 is 5.32 Å². The van der Waals surface area contributed by atoms with Crippen LogP contribution in [0.4, 0.5) is 0 Å². The van der Waals surface area contributed by atoms with Gasteiger partial charge in [0.2, 0.25) is 5.91 Å². The summed E-state index contributed by atoms with van der Waals surface area (Å²) in [6.07, 6.45) is 1.17. The Labute approximate surface area is 155 Å². The predicted molar refractivity (Wildman–Crippen MR) is 98.6 cm³/mol. The van der Waals surface area contributed by atoms with Gasteiger partial charge in [-0.2, -0.15) is 5.10 Å². The molecule has 1 aromatic carbocycles. The molecule has 1 aliphatic rings. The largest absolute Gasteiger partial charge is 0.481 e. The third-order valence-corrected chi connectivity index (χ3v) is 4.83. The molecule has 1 aromatic heterocycles. The van der Waals surface area contributed by atoms with Crippen LogP contribution in [0.15, 0.2) is 55.5 Å². The third-order valence-electron chi connectivity index (χ3n) is 3.23. The second-order valence-electron chi connectivity index (χ2n) is 5.05. The fourth-order valence-corrected chi connectivity index (χ4v) is 3.25. The van der Waals surface area contributed by atoms with E-state index >= 15 is 0 Å². The number of halogens is 1. The average Bonchev–Trinajstić information content (AvgIpc) is 3.15. The number of amidine groups is 1. The van der Waals surface area contributed by atoms with Crippen LogP contribution in [0, 0.1) is 0 Å². The minimum atomic E-state index is -1.03. The molecule has 1 saturated heterocycles. The van der Waals surface area contributed by atoms with Gasteiger partial charge in [0, 0.05) is 10.0 Å². The van der Waals surface area contributed by atoms with Crippen molar-refractivity contribution in [3.8, 4) is 11.3 Å². The van der Waals surface area contributed by atoms with Gasteiger partial charge in [0.25, 0.3) is 0 Å². The Morgan fingerprint density at radius 2 is 2.08 bits per heavy atom. The lowest BCUT2D eigenvalue weighted by atomic mass is 10.2. The second-order valence-corrected chi connectivity index (χ2v) is 7.16. The van der Waals surface area contributed by atoms with Gasteiger partial charge in [-0.15, -0.1) is 5.10 Å². The Hall–Kier alpha value is -2.39. The highest BCUT2D eigenvalue weighted by Crippen LogP contribution is 2.24. The van der Waals surface area contributed by atoms with E-state index in [0.29, 0.717) is 11.5 Å². The number of carbonyl (C=O) groups excluding carboxylic acids is 1. The Balaban J connectivity index is 1.64. The van der Waals surface area contributed by atoms with Gasteiger partial charge in [0.05, 0.1) is 12.6 Å². The Bertz CT molecular complexity index is 861. The van der Waals surface area contributed by atoms with E-state index in [2.05, 4.69) is 31.4 Å². The number of thioether (sulfide) groups is 1. The SMILES string of the molecule is O=C(O)CC1S/C(=N/N=Cc2ccc(-c3ccc(Br)cc3)o2)NC1=O. The van der Waals surface area contributed by atoms with Gasteiger partial charge in [-0.05, 0) is 24.3 Å². The molecule has 1 fully saturated rings. The van der Waals surface area contributed by atoms with Crippen molar-refractivity contribution in [2.24, 2.45) is 10.2 Å². The van der Waals surface area contributed by atoms with Crippen molar-refractivity contribution in [1.29, 1.82) is 0 Å². The first-order valence-electron chi connectivity index (χ1n) is 7.17. The highest BCUT2D eigenvalue weighted by atomic mass is 79.9. The minimum Gasteiger partial charge on any atom is -0.481 e. The third kappa shape index (κ3) is 4.58. The van der Waals surface area contributed by atoms with Crippen molar-refractivity contribution < 1.29 is 19.1 Å². The zero-order valence-electron chi connectivity index (χ0n) is 12.7. The molecule has 0 saturated carbocycles. The first-order valence-corrected chi connectivity index (χ1v) is 8.84. The number of nitrogens with one attached hydrogen (secondary N) is 1. The molecule has 2 heterocycles. The molecule has 1 aliphatic heterocycles. The molecular formula is C16H12BrN3O4S. The monoisotopic (exact) mass is 421 g/mol. The van der Waals surface area contributed by atoms with Crippen molar-refractivity contribution in [3.05, 3.63) is 46.6 Å². The molecule has 2 aromatic rings. The van der Waals surface area contributed by atoms with Crippen molar-refractivity contribution in [1.82, 2.24) is 5.32 Å². The maximum atomic E-state index is 11.6. The van der Waals surface area contributed by atoms with E-state index in [0.717, 1.165) is 21.8 Å². The number of nitrogens with zero attached hydrogens (tertiary/aromatic N) is 2. The first kappa shape index (κ1) is 17.4. The van der Waals surface area contributed by atoms with Gasteiger partial charge in [-0.25, -0.2) is 0 Å². The fourth-order valence-electron chi connectivity index (χ4n) is 2.07. The van der Waals surface area contributed by atoms with E-state index in [4.69, 9.17) is 9.52 Å². The van der Waals surface area contributed by atoms with E-state index in [1.165, 1.54) is 6.21 Å². The molecule has 0 bridgehead atoms. The molecule has 7 nitrogen and oxygen atoms in total. The minimum absolute atomic E-state index is 0.256. The van der Waals surface area contributed by atoms with Crippen LogP contribution in [-0.2, 0) is 9.59 Å². The zero-order chi connectivity index (χ0) is 17.8. The van der Waals surface area contributed by atoms with Crippen LogP contribution in [0.1, 0.15) is 12.2 Å². The summed E-state index contributed by atoms with van der Waals surface area (Å²) < 4.78 is 6.65. The van der Waals surface area contributed by atoms with Crippen LogP contribution in [0.25, 0.3) is 11.3 Å². The zero-order valence-corrected chi connectivity index (χ0v) is 15.1. The summed E-state index contributed by atoms with van der Waals surface area (Å²) >= 11 is 4.43. The molecule has 9 heteroatoms. The molecule has 2 N–H and O–H groups in total. The number of rotatable bonds is 5. The molecule has 1 unspecified atom stereocenters. The Kier molecular flexibility index (Phi) is 5.34. The maximum Gasteiger partial charge on any atom is 0.305 e. The summed E-state index contributed by atoms with van der Waals surface area (Å²) in [5.74, 6) is -0.198. The normalized spacial score (nSPS) is 18.8. The molecule has 3 rings (SSSR count). The molecule has 25 heavy (non-hydrogen) atoms. The molecule has 0 radical (unpaired) electrons. The molecule has 1 amide bonds. The van der Waals surface area contributed by atoms with E-state index in [9.17, 15) is 9.59 Å². The van der Waals surface area contributed by atoms with Crippen molar-refractivity contribution in [2.75, 3.05) is 0 Å². The summed E-state index contributed by atoms with van der Waals surface area (Å²) in [4.78, 5) is 22.3. The number of furan rings is 1. The van der Waals surface area contributed by atoms with Crippen molar-refractivity contribution >= 4 is 51.0 Å². The van der Waals surface area contributed by atoms with Crippen LogP contribution in [0.2, 0.25) is 0 Å². The van der Waals surface area contributed by atoms with E-state index in [-0.39, 0.29) is 17.5 Å². The number of hydrogen-bond donors (Lipinski definition) is 2. The topological polar surface area (TPSA) is 104 Å². The number of carbonyl (C=O) groups is 2. The molecule has 0 aliphatic carbocycles. The number of carboxylic acid groups (broad SMARTS) is 1. The number of hydrogen-bond acceptors (Lipinski definition) is 6. The summed E-state index contributed by atoms with van der Waals surface area (Å²) in [6.45, 7) is 0. The van der Waals surface area contributed by atoms with E-state index in [1.807, 2.05) is 30.3 Å². The highest BCUT2D eigenvalue weighted by molar-refractivity contribution is 9.10. The van der Waals surface area contributed by atoms with Crippen LogP contribution in [-0.4, -0.2) is 33.6 Å². The van der Waals surface area contributed by atoms with Crippen molar-refractivity contribution in [2.45, 2.75) is 11.7 Å². The van der Waals surface area contributed by atoms with Gasteiger partial charge in [0.15, 0.2) is 5.17 Å². The van der Waals surface area contributed by atoms with Crippen molar-refractivity contribution in [3.63, 3.8) is 0 Å². The standard InChI is InChI=1S/C16H12BrN3O4S/c17-10-3-1-9(2-4-10)12-6-5-11(24-12)8-18-20-16-19-15(23)13(25-16)7-14(21)22/h1-6,8,13H,7H2,(H,21,22)(H,19,20,23). The predicted octanol–water partition coefficient (Wildman–Crippen LogP) is 3.11. The van der Waals surface area contributed by atoms with Gasteiger partial charge < -0.3 is 14.8 Å². The number of benzene rings is 1. The van der Waals surface area contributed by atoms with E-state index in [1.54, 1.807) is 6.07 Å². The summed E-state index contributed by atoms with van der Waals surface area (Å²) in [6, 6.07) is 11.3. The second kappa shape index (κ2) is 7.66. The summed E-state index contributed by atoms with van der Waals surface area (Å²) in [5, 5.41) is 18.6. The molecule has 128 valence electrons. The highest BCUT2D eigenvalue weighted by Gasteiger charge is 2.32. The smallest absolute Gasteiger partial charge is 0.305 e. The Morgan fingerprint density at radius 3 is 2.80 bits per heavy atom. The average molecular weight is 422 g/mol. The van der Waals surface area contributed by atoms with Crippen LogP contribution >= 0.6 is 27.7 Å². The maximum absolute atomic E-state index is 11.6. The first-order chi connectivity index (χ1) is 12.0. The van der Waals surface area contributed by atoms with Gasteiger partial charge in [0.1, 0.15) is 16.8 Å². The van der Waals surface area contributed by atoms with E-state index < -0.39 is 11.2 Å². The molecule has 0 spiro atoms. The fraction of sp³-hybridized carbons (Fsp3) is 0.125. The molecule has 1 atom stereocenters. The van der Waals surface area contributed by atoms with Gasteiger partial charge in [-0.1, -0.05) is 39.8 Å². The summed E-state index contributed by atoms with van der Waals surface area (Å²) in [7, 11) is 0. The number of aliphatic carboxylic acids is 1. The van der Waals surface area contributed by atoms with Crippen LogP contribution in [0.5, 0.6) is 0 Å². The lowest BCUT2D eigenvalue weighted by Crippen LogP contribution is -2.26. The number of carboxylic acids is 1. The quantitative estimate of drug-likeness (QED) is 0.569. The Morgan fingerprint density at radius 1 is 1.32 bits per heavy atom. The van der Waals surface area contributed by atoms with Gasteiger partial charge >= 0.3 is 5.97 Å². The molecular weight excluding hydrogens is 410 g/mol. The number of amides is 1. The lowest BCUT2D eigenvalue weighted by Gasteiger charge is -1.97. The lowest BCUT2D eigenvalue weighted by molar-refractivity contribution is -0.138. The van der Waals surface area contributed by atoms with Gasteiger partial charge in [-0.3, -0.25) is 9.59 Å².